The summed E-state index contributed by atoms with van der Waals surface area (Å²) in [5, 5.41) is 0.490. The number of rotatable bonds is 2. The maximum Gasteiger partial charge on any atom is 0.449 e. The second-order valence-corrected chi connectivity index (χ2v) is 5.70. The number of alkyl halides is 3. The molecule has 2 heterocycles. The molecule has 0 spiro atoms. The van der Waals surface area contributed by atoms with Crippen LogP contribution in [0.5, 0.6) is 0 Å². The number of hydrogen-bond acceptors (Lipinski definition) is 3. The Morgan fingerprint density at radius 3 is 2.71 bits per heavy atom. The number of nitrogens with zero attached hydrogens (tertiary/aromatic N) is 1. The van der Waals surface area contributed by atoms with Crippen LogP contribution in [0.2, 0.25) is 0 Å². The van der Waals surface area contributed by atoms with Crippen molar-refractivity contribution >= 4 is 11.0 Å². The van der Waals surface area contributed by atoms with E-state index in [-0.39, 0.29) is 11.6 Å². The van der Waals surface area contributed by atoms with Gasteiger partial charge in [-0.1, -0.05) is 6.07 Å². The van der Waals surface area contributed by atoms with Crippen LogP contribution < -0.4 is 5.73 Å². The molecule has 1 fully saturated rings. The van der Waals surface area contributed by atoms with E-state index in [2.05, 4.69) is 4.90 Å². The summed E-state index contributed by atoms with van der Waals surface area (Å²) in [7, 11) is 2.01. The summed E-state index contributed by atoms with van der Waals surface area (Å²) in [5.74, 6) is -0.514. The van der Waals surface area contributed by atoms with Crippen LogP contribution in [0.4, 0.5) is 13.2 Å². The Kier molecular flexibility index (Phi) is 3.45. The van der Waals surface area contributed by atoms with E-state index in [1.807, 2.05) is 13.1 Å². The van der Waals surface area contributed by atoms with Gasteiger partial charge in [0.2, 0.25) is 5.76 Å². The lowest BCUT2D eigenvalue weighted by Gasteiger charge is -2.19. The maximum atomic E-state index is 12.7. The number of hydrogen-bond donors (Lipinski definition) is 1. The fourth-order valence-corrected chi connectivity index (χ4v) is 3.07. The summed E-state index contributed by atoms with van der Waals surface area (Å²) >= 11 is 0. The van der Waals surface area contributed by atoms with Gasteiger partial charge in [-0.2, -0.15) is 13.2 Å². The first-order chi connectivity index (χ1) is 9.88. The zero-order chi connectivity index (χ0) is 15.2. The molecule has 114 valence electrons. The van der Waals surface area contributed by atoms with Gasteiger partial charge in [0.25, 0.3) is 0 Å². The fraction of sp³-hybridized carbons (Fsp3) is 0.467. The molecule has 1 aliphatic heterocycles. The van der Waals surface area contributed by atoms with E-state index in [9.17, 15) is 13.2 Å². The van der Waals surface area contributed by atoms with Crippen molar-refractivity contribution in [1.29, 1.82) is 0 Å². The Balaban J connectivity index is 1.94. The van der Waals surface area contributed by atoms with Crippen molar-refractivity contribution in [3.05, 3.63) is 35.6 Å². The number of fused-ring (bicyclic) bond motifs is 1. The summed E-state index contributed by atoms with van der Waals surface area (Å²) in [5.41, 5.74) is 6.99. The molecular formula is C15H17F3N2O. The van der Waals surface area contributed by atoms with Crippen molar-refractivity contribution < 1.29 is 17.6 Å². The number of nitrogens with two attached hydrogens (primary N) is 1. The topological polar surface area (TPSA) is 42.4 Å². The molecule has 2 aromatic rings. The summed E-state index contributed by atoms with van der Waals surface area (Å²) in [6.45, 7) is 1.55. The van der Waals surface area contributed by atoms with Crippen LogP contribution in [0.25, 0.3) is 11.0 Å². The zero-order valence-electron chi connectivity index (χ0n) is 11.7. The first-order valence-electron chi connectivity index (χ1n) is 6.89. The quantitative estimate of drug-likeness (QED) is 0.924. The standard InChI is InChI=1S/C15H17F3N2O/c1-20-8-9(7-19)4-12(20)10-2-3-13-11(5-10)6-14(21-13)15(16,17)18/h2-3,5-6,9,12H,4,7-8,19H2,1H3. The monoisotopic (exact) mass is 298 g/mol. The normalized spacial score (nSPS) is 24.0. The van der Waals surface area contributed by atoms with Gasteiger partial charge in [-0.25, -0.2) is 0 Å². The molecule has 21 heavy (non-hydrogen) atoms. The van der Waals surface area contributed by atoms with Crippen LogP contribution in [0.3, 0.4) is 0 Å². The third-order valence-corrected chi connectivity index (χ3v) is 4.17. The molecule has 1 saturated heterocycles. The Morgan fingerprint density at radius 1 is 1.33 bits per heavy atom. The molecule has 1 aromatic carbocycles. The largest absolute Gasteiger partial charge is 0.452 e. The summed E-state index contributed by atoms with van der Waals surface area (Å²) in [4.78, 5) is 2.20. The molecule has 1 aromatic heterocycles. The van der Waals surface area contributed by atoms with E-state index >= 15 is 0 Å². The molecule has 0 bridgehead atoms. The van der Waals surface area contributed by atoms with E-state index in [0.717, 1.165) is 24.6 Å². The van der Waals surface area contributed by atoms with E-state index in [1.165, 1.54) is 0 Å². The second kappa shape index (κ2) is 5.03. The minimum Gasteiger partial charge on any atom is -0.452 e. The lowest BCUT2D eigenvalue weighted by atomic mass is 9.99. The number of benzene rings is 1. The van der Waals surface area contributed by atoms with Gasteiger partial charge in [-0.05, 0) is 49.7 Å². The molecule has 0 aliphatic carbocycles. The van der Waals surface area contributed by atoms with Crippen LogP contribution >= 0.6 is 0 Å². The average Bonchev–Trinajstić information content (AvgIpc) is 3.00. The fourth-order valence-electron chi connectivity index (χ4n) is 3.07. The van der Waals surface area contributed by atoms with Gasteiger partial charge >= 0.3 is 6.18 Å². The van der Waals surface area contributed by atoms with Crippen molar-refractivity contribution in [1.82, 2.24) is 4.90 Å². The predicted molar refractivity (Wildman–Crippen MR) is 73.7 cm³/mol. The van der Waals surface area contributed by atoms with Gasteiger partial charge < -0.3 is 10.2 Å². The van der Waals surface area contributed by atoms with Crippen molar-refractivity contribution in [3.63, 3.8) is 0 Å². The first kappa shape index (κ1) is 14.4. The highest BCUT2D eigenvalue weighted by Crippen LogP contribution is 2.37. The highest BCUT2D eigenvalue weighted by molar-refractivity contribution is 5.79. The summed E-state index contributed by atoms with van der Waals surface area (Å²) < 4.78 is 42.9. The molecule has 6 heteroatoms. The minimum absolute atomic E-state index is 0.201. The van der Waals surface area contributed by atoms with Gasteiger partial charge in [0.15, 0.2) is 0 Å². The summed E-state index contributed by atoms with van der Waals surface area (Å²) in [6.07, 6.45) is -3.52. The van der Waals surface area contributed by atoms with E-state index in [4.69, 9.17) is 10.2 Å². The van der Waals surface area contributed by atoms with Gasteiger partial charge in [-0.15, -0.1) is 0 Å². The number of furan rings is 1. The zero-order valence-corrected chi connectivity index (χ0v) is 11.7. The Bertz CT molecular complexity index is 650. The van der Waals surface area contributed by atoms with Gasteiger partial charge in [0, 0.05) is 18.0 Å². The van der Waals surface area contributed by atoms with Crippen LogP contribution in [0.1, 0.15) is 23.8 Å². The minimum atomic E-state index is -4.45. The highest BCUT2D eigenvalue weighted by atomic mass is 19.4. The van der Waals surface area contributed by atoms with Gasteiger partial charge in [-0.3, -0.25) is 4.90 Å². The van der Waals surface area contributed by atoms with Crippen LogP contribution in [0.15, 0.2) is 28.7 Å². The lowest BCUT2D eigenvalue weighted by molar-refractivity contribution is -0.152. The molecule has 3 nitrogen and oxygen atoms in total. The van der Waals surface area contributed by atoms with E-state index in [1.54, 1.807) is 12.1 Å². The molecule has 0 amide bonds. The van der Waals surface area contributed by atoms with Crippen molar-refractivity contribution in [2.75, 3.05) is 20.1 Å². The molecule has 2 atom stereocenters. The van der Waals surface area contributed by atoms with E-state index in [0.29, 0.717) is 17.8 Å². The Hall–Kier alpha value is -1.53. The predicted octanol–water partition coefficient (Wildman–Crippen LogP) is 3.40. The molecular weight excluding hydrogens is 281 g/mol. The Labute approximate surface area is 120 Å². The molecule has 0 radical (unpaired) electrons. The van der Waals surface area contributed by atoms with Crippen LogP contribution in [0, 0.1) is 5.92 Å². The third kappa shape index (κ3) is 2.65. The van der Waals surface area contributed by atoms with Crippen molar-refractivity contribution in [2.24, 2.45) is 11.7 Å². The van der Waals surface area contributed by atoms with Gasteiger partial charge in [0.05, 0.1) is 0 Å². The molecule has 3 rings (SSSR count). The second-order valence-electron chi connectivity index (χ2n) is 5.70. The molecule has 0 saturated carbocycles. The van der Waals surface area contributed by atoms with Gasteiger partial charge in [0.1, 0.15) is 5.58 Å². The summed E-state index contributed by atoms with van der Waals surface area (Å²) in [6, 6.07) is 6.50. The maximum absolute atomic E-state index is 12.7. The lowest BCUT2D eigenvalue weighted by Crippen LogP contribution is -2.20. The van der Waals surface area contributed by atoms with Crippen LogP contribution in [-0.2, 0) is 6.18 Å². The molecule has 1 aliphatic rings. The average molecular weight is 298 g/mol. The van der Waals surface area contributed by atoms with Crippen LogP contribution in [-0.4, -0.2) is 25.0 Å². The molecule has 2 N–H and O–H groups in total. The van der Waals surface area contributed by atoms with E-state index < -0.39 is 11.9 Å². The molecule has 2 unspecified atom stereocenters. The van der Waals surface area contributed by atoms with Crippen molar-refractivity contribution in [3.8, 4) is 0 Å². The number of likely N-dealkylation sites (tertiary alicyclic amines) is 1. The third-order valence-electron chi connectivity index (χ3n) is 4.17. The SMILES string of the molecule is CN1CC(CN)CC1c1ccc2oc(C(F)(F)F)cc2c1. The first-order valence-corrected chi connectivity index (χ1v) is 6.89. The smallest absolute Gasteiger partial charge is 0.449 e. The van der Waals surface area contributed by atoms with Crippen molar-refractivity contribution in [2.45, 2.75) is 18.6 Å². The Morgan fingerprint density at radius 2 is 2.10 bits per heavy atom. The highest BCUT2D eigenvalue weighted by Gasteiger charge is 2.35. The number of halogens is 3.